The fourth-order valence-corrected chi connectivity index (χ4v) is 5.77. The predicted octanol–water partition coefficient (Wildman–Crippen LogP) is 7.34. The topological polar surface area (TPSA) is 58.6 Å². The largest absolute Gasteiger partial charge is 0.490 e. The Labute approximate surface area is 232 Å². The number of carbonyl (C=O) groups is 2. The number of ether oxygens (including phenoxy) is 1. The van der Waals surface area contributed by atoms with Gasteiger partial charge in [0.15, 0.2) is 0 Å². The fraction of sp³-hybridized carbons (Fsp3) is 0.412. The Morgan fingerprint density at radius 1 is 0.897 bits per heavy atom. The van der Waals surface area contributed by atoms with E-state index in [-0.39, 0.29) is 17.9 Å². The van der Waals surface area contributed by atoms with Crippen LogP contribution in [0.1, 0.15) is 85.3 Å². The van der Waals surface area contributed by atoms with Crippen molar-refractivity contribution in [3.8, 4) is 5.75 Å². The van der Waals surface area contributed by atoms with Crippen molar-refractivity contribution in [2.45, 2.75) is 89.8 Å². The number of anilines is 1. The summed E-state index contributed by atoms with van der Waals surface area (Å²) in [6, 6.07) is 23.0. The van der Waals surface area contributed by atoms with Crippen LogP contribution in [0.25, 0.3) is 0 Å². The first-order chi connectivity index (χ1) is 19.1. The number of hydrogen-bond acceptors (Lipinski definition) is 3. The molecule has 3 aromatic carbocycles. The van der Waals surface area contributed by atoms with E-state index in [1.807, 2.05) is 54.6 Å². The Morgan fingerprint density at radius 2 is 1.67 bits per heavy atom. The molecule has 1 heterocycles. The van der Waals surface area contributed by atoms with Crippen LogP contribution in [0.15, 0.2) is 72.8 Å². The van der Waals surface area contributed by atoms with Gasteiger partial charge in [-0.15, -0.1) is 0 Å². The molecule has 2 aliphatic rings. The Kier molecular flexibility index (Phi) is 8.97. The quantitative estimate of drug-likeness (QED) is 0.298. The molecule has 1 fully saturated rings. The SMILES string of the molecule is CCCCCc1ccc(NC(=O)[C@@H]2Cc3ccccc3CN2C(=O)c2cccc(OC3CCCCC3)c2)cc1. The fourth-order valence-electron chi connectivity index (χ4n) is 5.77. The Balaban J connectivity index is 1.33. The van der Waals surface area contributed by atoms with Gasteiger partial charge in [0.1, 0.15) is 11.8 Å². The highest BCUT2D eigenvalue weighted by atomic mass is 16.5. The zero-order valence-corrected chi connectivity index (χ0v) is 23.0. The van der Waals surface area contributed by atoms with E-state index >= 15 is 0 Å². The number of nitrogens with zero attached hydrogens (tertiary/aromatic N) is 1. The summed E-state index contributed by atoms with van der Waals surface area (Å²) in [5, 5.41) is 3.08. The lowest BCUT2D eigenvalue weighted by atomic mass is 9.92. The van der Waals surface area contributed by atoms with E-state index in [4.69, 9.17) is 4.74 Å². The molecule has 1 aliphatic heterocycles. The molecule has 2 amide bonds. The molecule has 5 nitrogen and oxygen atoms in total. The van der Waals surface area contributed by atoms with Gasteiger partial charge in [-0.3, -0.25) is 9.59 Å². The van der Waals surface area contributed by atoms with E-state index in [2.05, 4.69) is 30.4 Å². The molecule has 5 heteroatoms. The van der Waals surface area contributed by atoms with Crippen LogP contribution >= 0.6 is 0 Å². The third-order valence-electron chi connectivity index (χ3n) is 8.04. The lowest BCUT2D eigenvalue weighted by molar-refractivity contribution is -0.121. The van der Waals surface area contributed by atoms with Crippen LogP contribution in [0.2, 0.25) is 0 Å². The Hall–Kier alpha value is -3.60. The van der Waals surface area contributed by atoms with Crippen molar-refractivity contribution in [1.29, 1.82) is 0 Å². The first kappa shape index (κ1) is 27.0. The van der Waals surface area contributed by atoms with E-state index in [1.54, 1.807) is 4.90 Å². The van der Waals surface area contributed by atoms with Gasteiger partial charge in [0.25, 0.3) is 5.91 Å². The van der Waals surface area contributed by atoms with Crippen LogP contribution in [0.4, 0.5) is 5.69 Å². The minimum Gasteiger partial charge on any atom is -0.490 e. The van der Waals surface area contributed by atoms with Gasteiger partial charge in [0.2, 0.25) is 5.91 Å². The molecule has 1 N–H and O–H groups in total. The number of unbranched alkanes of at least 4 members (excludes halogenated alkanes) is 2. The van der Waals surface area contributed by atoms with Crippen LogP contribution in [-0.2, 0) is 24.2 Å². The van der Waals surface area contributed by atoms with Gasteiger partial charge < -0.3 is 15.0 Å². The lowest BCUT2D eigenvalue weighted by Gasteiger charge is -2.36. The minimum atomic E-state index is -0.598. The van der Waals surface area contributed by atoms with Crippen LogP contribution in [-0.4, -0.2) is 28.9 Å². The van der Waals surface area contributed by atoms with Gasteiger partial charge in [0.05, 0.1) is 6.10 Å². The van der Waals surface area contributed by atoms with Gasteiger partial charge in [-0.25, -0.2) is 0 Å². The highest BCUT2D eigenvalue weighted by molar-refractivity contribution is 6.01. The van der Waals surface area contributed by atoms with Gasteiger partial charge >= 0.3 is 0 Å². The molecular weight excluding hydrogens is 484 g/mol. The van der Waals surface area contributed by atoms with Crippen molar-refractivity contribution in [1.82, 2.24) is 4.90 Å². The molecule has 1 atom stereocenters. The van der Waals surface area contributed by atoms with E-state index < -0.39 is 6.04 Å². The van der Waals surface area contributed by atoms with E-state index in [0.717, 1.165) is 41.8 Å². The lowest BCUT2D eigenvalue weighted by Crippen LogP contribution is -2.50. The maximum Gasteiger partial charge on any atom is 0.254 e. The second-order valence-corrected chi connectivity index (χ2v) is 11.0. The van der Waals surface area contributed by atoms with Crippen LogP contribution < -0.4 is 10.1 Å². The standard InChI is InChI=1S/C34H40N2O3/c1-2-3-5-11-25-18-20-29(21-19-25)35-33(37)32-23-26-12-8-9-13-28(26)24-36(32)34(38)27-14-10-17-31(22-27)39-30-15-6-4-7-16-30/h8-10,12-14,17-22,30,32H,2-7,11,15-16,23-24H2,1H3,(H,35,37)/t32-/m0/s1. The van der Waals surface area contributed by atoms with E-state index in [9.17, 15) is 9.59 Å². The predicted molar refractivity (Wildman–Crippen MR) is 156 cm³/mol. The van der Waals surface area contributed by atoms with Gasteiger partial charge in [0, 0.05) is 24.2 Å². The second kappa shape index (κ2) is 13.0. The maximum atomic E-state index is 13.9. The highest BCUT2D eigenvalue weighted by Crippen LogP contribution is 2.28. The average Bonchev–Trinajstić information content (AvgIpc) is 2.98. The summed E-state index contributed by atoms with van der Waals surface area (Å²) in [5.41, 5.74) is 4.79. The number of benzene rings is 3. The third kappa shape index (κ3) is 6.89. The molecule has 5 rings (SSSR count). The van der Waals surface area contributed by atoms with Crippen LogP contribution in [0.5, 0.6) is 5.75 Å². The zero-order chi connectivity index (χ0) is 27.0. The number of nitrogens with one attached hydrogen (secondary N) is 1. The second-order valence-electron chi connectivity index (χ2n) is 11.0. The van der Waals surface area contributed by atoms with Crippen LogP contribution in [0.3, 0.4) is 0 Å². The summed E-state index contributed by atoms with van der Waals surface area (Å²) in [7, 11) is 0. The first-order valence-corrected chi connectivity index (χ1v) is 14.6. The van der Waals surface area contributed by atoms with Gasteiger partial charge in [-0.1, -0.05) is 68.7 Å². The number of amides is 2. The maximum absolute atomic E-state index is 13.9. The van der Waals surface area contributed by atoms with Crippen molar-refractivity contribution in [3.05, 3.63) is 95.1 Å². The van der Waals surface area contributed by atoms with Crippen molar-refractivity contribution in [2.75, 3.05) is 5.32 Å². The number of aryl methyl sites for hydroxylation is 1. The van der Waals surface area contributed by atoms with E-state index in [1.165, 1.54) is 44.1 Å². The monoisotopic (exact) mass is 524 g/mol. The highest BCUT2D eigenvalue weighted by Gasteiger charge is 2.35. The molecule has 39 heavy (non-hydrogen) atoms. The molecule has 3 aromatic rings. The smallest absolute Gasteiger partial charge is 0.254 e. The Morgan fingerprint density at radius 3 is 2.44 bits per heavy atom. The normalized spacial score (nSPS) is 17.4. The van der Waals surface area contributed by atoms with Crippen LogP contribution in [0, 0.1) is 0 Å². The van der Waals surface area contributed by atoms with Crippen molar-refractivity contribution in [3.63, 3.8) is 0 Å². The number of rotatable bonds is 9. The molecule has 0 spiro atoms. The molecule has 0 saturated heterocycles. The Bertz CT molecular complexity index is 1260. The minimum absolute atomic E-state index is 0.148. The van der Waals surface area contributed by atoms with Crippen molar-refractivity contribution >= 4 is 17.5 Å². The molecule has 0 bridgehead atoms. The average molecular weight is 525 g/mol. The number of carbonyl (C=O) groups excluding carboxylic acids is 2. The molecule has 0 radical (unpaired) electrons. The van der Waals surface area contributed by atoms with Crippen molar-refractivity contribution < 1.29 is 14.3 Å². The summed E-state index contributed by atoms with van der Waals surface area (Å²) in [5.74, 6) is 0.418. The molecular formula is C34H40N2O3. The summed E-state index contributed by atoms with van der Waals surface area (Å²) in [4.78, 5) is 29.2. The molecule has 0 aromatic heterocycles. The molecule has 204 valence electrons. The summed E-state index contributed by atoms with van der Waals surface area (Å²) in [6.07, 6.45) is 11.1. The first-order valence-electron chi connectivity index (χ1n) is 14.6. The third-order valence-corrected chi connectivity index (χ3v) is 8.04. The summed E-state index contributed by atoms with van der Waals surface area (Å²) < 4.78 is 6.23. The molecule has 1 aliphatic carbocycles. The molecule has 1 saturated carbocycles. The summed E-state index contributed by atoms with van der Waals surface area (Å²) >= 11 is 0. The number of fused-ring (bicyclic) bond motifs is 1. The zero-order valence-electron chi connectivity index (χ0n) is 23.0. The van der Waals surface area contributed by atoms with E-state index in [0.29, 0.717) is 18.5 Å². The summed E-state index contributed by atoms with van der Waals surface area (Å²) in [6.45, 7) is 2.61. The van der Waals surface area contributed by atoms with Gasteiger partial charge in [-0.05, 0) is 85.5 Å². The number of hydrogen-bond donors (Lipinski definition) is 1. The molecule has 0 unspecified atom stereocenters. The van der Waals surface area contributed by atoms with Crippen molar-refractivity contribution in [2.24, 2.45) is 0 Å². The van der Waals surface area contributed by atoms with Gasteiger partial charge in [-0.2, -0.15) is 0 Å².